The van der Waals surface area contributed by atoms with Gasteiger partial charge in [0.2, 0.25) is 0 Å². The van der Waals surface area contributed by atoms with Crippen molar-refractivity contribution >= 4 is 6.08 Å². The van der Waals surface area contributed by atoms with Crippen molar-refractivity contribution in [1.82, 2.24) is 15.3 Å². The molecule has 0 unspecified atom stereocenters. The van der Waals surface area contributed by atoms with E-state index in [-0.39, 0.29) is 0 Å². The van der Waals surface area contributed by atoms with Gasteiger partial charge in [-0.2, -0.15) is 0 Å². The maximum absolute atomic E-state index is 5.64. The van der Waals surface area contributed by atoms with Gasteiger partial charge in [-0.05, 0) is 49.7 Å². The molecule has 1 N–H and O–H groups in total. The van der Waals surface area contributed by atoms with Crippen molar-refractivity contribution in [2.75, 3.05) is 13.1 Å². The van der Waals surface area contributed by atoms with Crippen molar-refractivity contribution in [3.63, 3.8) is 0 Å². The number of rotatable bonds is 3. The van der Waals surface area contributed by atoms with E-state index in [1.807, 2.05) is 18.2 Å². The van der Waals surface area contributed by atoms with Gasteiger partial charge >= 0.3 is 6.01 Å². The van der Waals surface area contributed by atoms with Gasteiger partial charge in [-0.1, -0.05) is 23.8 Å². The predicted molar refractivity (Wildman–Crippen MR) is 78.6 cm³/mol. The highest BCUT2D eigenvalue weighted by Crippen LogP contribution is 2.21. The Balaban J connectivity index is 1.75. The second-order valence-corrected chi connectivity index (χ2v) is 4.76. The quantitative estimate of drug-likeness (QED) is 0.928. The second-order valence-electron chi connectivity index (χ2n) is 4.76. The molecule has 2 heterocycles. The summed E-state index contributed by atoms with van der Waals surface area (Å²) in [6, 6.07) is 10.2. The first-order chi connectivity index (χ1) is 9.90. The van der Waals surface area contributed by atoms with E-state index in [1.165, 1.54) is 5.57 Å². The third-order valence-corrected chi connectivity index (χ3v) is 3.23. The molecule has 1 aromatic heterocycles. The number of ether oxygens (including phenoxy) is 1. The second kappa shape index (κ2) is 6.30. The summed E-state index contributed by atoms with van der Waals surface area (Å²) >= 11 is 0. The van der Waals surface area contributed by atoms with Gasteiger partial charge in [-0.15, -0.1) is 0 Å². The molecule has 20 heavy (non-hydrogen) atoms. The van der Waals surface area contributed by atoms with Crippen LogP contribution >= 0.6 is 0 Å². The SMILES string of the molecule is C(=C1CCNCC1)c1cccc(Oc2ncccn2)c1. The molecule has 4 nitrogen and oxygen atoms in total. The van der Waals surface area contributed by atoms with Crippen LogP contribution in [-0.2, 0) is 0 Å². The molecule has 1 aliphatic rings. The van der Waals surface area contributed by atoms with Crippen LogP contribution in [0.2, 0.25) is 0 Å². The minimum atomic E-state index is 0.374. The van der Waals surface area contributed by atoms with E-state index in [1.54, 1.807) is 18.5 Å². The normalized spacial score (nSPS) is 14.9. The molecule has 102 valence electrons. The van der Waals surface area contributed by atoms with E-state index in [0.29, 0.717) is 6.01 Å². The Morgan fingerprint density at radius 1 is 1.05 bits per heavy atom. The summed E-state index contributed by atoms with van der Waals surface area (Å²) < 4.78 is 5.64. The molecule has 0 aliphatic carbocycles. The Morgan fingerprint density at radius 2 is 1.85 bits per heavy atom. The van der Waals surface area contributed by atoms with Crippen LogP contribution < -0.4 is 10.1 Å². The Kier molecular flexibility index (Phi) is 4.04. The lowest BCUT2D eigenvalue weighted by atomic mass is 10.0. The first-order valence-corrected chi connectivity index (χ1v) is 6.85. The maximum Gasteiger partial charge on any atom is 0.321 e. The molecule has 0 atom stereocenters. The molecule has 3 rings (SSSR count). The van der Waals surface area contributed by atoms with Crippen LogP contribution in [0, 0.1) is 0 Å². The van der Waals surface area contributed by atoms with E-state index in [4.69, 9.17) is 4.74 Å². The summed E-state index contributed by atoms with van der Waals surface area (Å²) in [5, 5.41) is 3.36. The number of piperidine rings is 1. The summed E-state index contributed by atoms with van der Waals surface area (Å²) in [5.74, 6) is 0.763. The molecule has 1 saturated heterocycles. The van der Waals surface area contributed by atoms with E-state index >= 15 is 0 Å². The monoisotopic (exact) mass is 267 g/mol. The van der Waals surface area contributed by atoms with Crippen LogP contribution in [0.4, 0.5) is 0 Å². The highest BCUT2D eigenvalue weighted by Gasteiger charge is 2.05. The molecule has 0 saturated carbocycles. The zero-order valence-electron chi connectivity index (χ0n) is 11.2. The van der Waals surface area contributed by atoms with Crippen molar-refractivity contribution in [3.8, 4) is 11.8 Å². The lowest BCUT2D eigenvalue weighted by Crippen LogP contribution is -2.22. The Morgan fingerprint density at radius 3 is 2.65 bits per heavy atom. The van der Waals surface area contributed by atoms with E-state index in [2.05, 4.69) is 27.4 Å². The Hall–Kier alpha value is -2.20. The van der Waals surface area contributed by atoms with Gasteiger partial charge in [0.05, 0.1) is 0 Å². The molecule has 0 radical (unpaired) electrons. The lowest BCUT2D eigenvalue weighted by Gasteiger charge is -2.15. The molecule has 0 amide bonds. The first-order valence-electron chi connectivity index (χ1n) is 6.85. The Labute approximate surface area is 118 Å². The van der Waals surface area contributed by atoms with Crippen molar-refractivity contribution < 1.29 is 4.74 Å². The maximum atomic E-state index is 5.64. The van der Waals surface area contributed by atoms with Crippen LogP contribution in [0.1, 0.15) is 18.4 Å². The van der Waals surface area contributed by atoms with Crippen molar-refractivity contribution in [2.24, 2.45) is 0 Å². The summed E-state index contributed by atoms with van der Waals surface area (Å²) in [6.45, 7) is 2.14. The topological polar surface area (TPSA) is 47.0 Å². The summed E-state index contributed by atoms with van der Waals surface area (Å²) in [5.41, 5.74) is 2.65. The van der Waals surface area contributed by atoms with Gasteiger partial charge in [-0.25, -0.2) is 9.97 Å². The third kappa shape index (κ3) is 3.42. The van der Waals surface area contributed by atoms with Crippen molar-refractivity contribution in [2.45, 2.75) is 12.8 Å². The van der Waals surface area contributed by atoms with E-state index in [9.17, 15) is 0 Å². The van der Waals surface area contributed by atoms with Gasteiger partial charge < -0.3 is 10.1 Å². The number of nitrogens with zero attached hydrogens (tertiary/aromatic N) is 2. The van der Waals surface area contributed by atoms with Crippen LogP contribution in [0.3, 0.4) is 0 Å². The highest BCUT2D eigenvalue weighted by atomic mass is 16.5. The third-order valence-electron chi connectivity index (χ3n) is 3.23. The number of aromatic nitrogens is 2. The smallest absolute Gasteiger partial charge is 0.321 e. The fourth-order valence-corrected chi connectivity index (χ4v) is 2.24. The summed E-state index contributed by atoms with van der Waals surface area (Å²) in [6.07, 6.45) is 7.83. The predicted octanol–water partition coefficient (Wildman–Crippen LogP) is 3.04. The highest BCUT2D eigenvalue weighted by molar-refractivity contribution is 5.55. The zero-order chi connectivity index (χ0) is 13.6. The molecule has 2 aromatic rings. The standard InChI is InChI=1S/C16H17N3O/c1-3-14(11-13-5-9-17-10-6-13)12-15(4-1)20-16-18-7-2-8-19-16/h1-4,7-8,11-12,17H,5-6,9-10H2. The van der Waals surface area contributed by atoms with Gasteiger partial charge in [0.15, 0.2) is 0 Å². The van der Waals surface area contributed by atoms with Crippen molar-refractivity contribution in [1.29, 1.82) is 0 Å². The number of hydrogen-bond donors (Lipinski definition) is 1. The molecule has 1 aromatic carbocycles. The molecule has 0 bridgehead atoms. The summed E-state index contributed by atoms with van der Waals surface area (Å²) in [4.78, 5) is 8.12. The van der Waals surface area contributed by atoms with E-state index < -0.39 is 0 Å². The number of benzene rings is 1. The number of nitrogens with one attached hydrogen (secondary N) is 1. The minimum Gasteiger partial charge on any atom is -0.424 e. The van der Waals surface area contributed by atoms with Crippen molar-refractivity contribution in [3.05, 3.63) is 53.9 Å². The van der Waals surface area contributed by atoms with Gasteiger partial charge in [0, 0.05) is 12.4 Å². The molecule has 0 spiro atoms. The first kappa shape index (κ1) is 12.8. The fourth-order valence-electron chi connectivity index (χ4n) is 2.24. The minimum absolute atomic E-state index is 0.374. The van der Waals surface area contributed by atoms with Gasteiger partial charge in [0.1, 0.15) is 5.75 Å². The van der Waals surface area contributed by atoms with Crippen LogP contribution in [0.15, 0.2) is 48.3 Å². The zero-order valence-corrected chi connectivity index (χ0v) is 11.2. The summed E-state index contributed by atoms with van der Waals surface area (Å²) in [7, 11) is 0. The molecule has 1 aliphatic heterocycles. The average molecular weight is 267 g/mol. The molecular weight excluding hydrogens is 250 g/mol. The Bertz CT molecular complexity index is 588. The fraction of sp³-hybridized carbons (Fsp3) is 0.250. The average Bonchev–Trinajstić information content (AvgIpc) is 2.50. The molecule has 4 heteroatoms. The molecule has 1 fully saturated rings. The largest absolute Gasteiger partial charge is 0.424 e. The van der Waals surface area contributed by atoms with E-state index in [0.717, 1.165) is 37.2 Å². The molecular formula is C16H17N3O. The van der Waals surface area contributed by atoms with Crippen LogP contribution in [0.5, 0.6) is 11.8 Å². The lowest BCUT2D eigenvalue weighted by molar-refractivity contribution is 0.441. The van der Waals surface area contributed by atoms with Crippen LogP contribution in [-0.4, -0.2) is 23.1 Å². The van der Waals surface area contributed by atoms with Crippen LogP contribution in [0.25, 0.3) is 6.08 Å². The van der Waals surface area contributed by atoms with Gasteiger partial charge in [-0.3, -0.25) is 0 Å². The number of hydrogen-bond acceptors (Lipinski definition) is 4. The van der Waals surface area contributed by atoms with Gasteiger partial charge in [0.25, 0.3) is 0 Å².